The van der Waals surface area contributed by atoms with Gasteiger partial charge in [-0.3, -0.25) is 0 Å². The summed E-state index contributed by atoms with van der Waals surface area (Å²) in [5, 5.41) is 8.84. The van der Waals surface area contributed by atoms with E-state index in [-0.39, 0.29) is 24.4 Å². The van der Waals surface area contributed by atoms with Crippen LogP contribution in [0.5, 0.6) is 0 Å². The van der Waals surface area contributed by atoms with Gasteiger partial charge >= 0.3 is 0 Å². The fourth-order valence-electron chi connectivity index (χ4n) is 3.06. The smallest absolute Gasteiger partial charge is 0.0943 e. The highest BCUT2D eigenvalue weighted by Gasteiger charge is 2.49. The topological polar surface area (TPSA) is 38.7 Å². The van der Waals surface area contributed by atoms with Crippen LogP contribution in [0.3, 0.4) is 0 Å². The first-order valence-electron chi connectivity index (χ1n) is 6.62. The number of hydrogen-bond donors (Lipinski definition) is 1. The lowest BCUT2D eigenvalue weighted by Gasteiger charge is -2.39. The molecule has 0 saturated carbocycles. The summed E-state index contributed by atoms with van der Waals surface area (Å²) in [5.41, 5.74) is -0.0704. The van der Waals surface area contributed by atoms with Gasteiger partial charge in [-0.25, -0.2) is 0 Å². The third kappa shape index (κ3) is 2.41. The molecule has 2 saturated heterocycles. The van der Waals surface area contributed by atoms with Crippen molar-refractivity contribution in [2.75, 3.05) is 6.61 Å². The highest BCUT2D eigenvalue weighted by molar-refractivity contribution is 4.98. The molecule has 0 aromatic carbocycles. The second-order valence-corrected chi connectivity index (χ2v) is 5.35. The number of hydrogen-bond acceptors (Lipinski definition) is 3. The molecule has 0 amide bonds. The van der Waals surface area contributed by atoms with Crippen LogP contribution in [0.4, 0.5) is 0 Å². The number of aliphatic hydroxyl groups is 1. The maximum atomic E-state index is 8.84. The second kappa shape index (κ2) is 5.03. The maximum Gasteiger partial charge on any atom is 0.0943 e. The zero-order chi connectivity index (χ0) is 11.6. The molecule has 2 aliphatic heterocycles. The molecule has 2 heterocycles. The lowest BCUT2D eigenvalue weighted by Crippen LogP contribution is -2.45. The molecule has 0 radical (unpaired) electrons. The molecule has 1 N–H and O–H groups in total. The molecule has 0 spiro atoms. The fraction of sp³-hybridized carbons (Fsp3) is 1.00. The van der Waals surface area contributed by atoms with Crippen molar-refractivity contribution >= 4 is 0 Å². The van der Waals surface area contributed by atoms with Crippen molar-refractivity contribution in [1.82, 2.24) is 0 Å². The normalized spacial score (nSPS) is 43.3. The Hall–Kier alpha value is -0.120. The monoisotopic (exact) mass is 228 g/mol. The van der Waals surface area contributed by atoms with Crippen LogP contribution >= 0.6 is 0 Å². The highest BCUT2D eigenvalue weighted by Crippen LogP contribution is 2.42. The molecule has 0 aromatic heterocycles. The van der Waals surface area contributed by atoms with Gasteiger partial charge in [0.1, 0.15) is 0 Å². The summed E-state index contributed by atoms with van der Waals surface area (Å²) in [7, 11) is 0. The number of aliphatic hydroxyl groups excluding tert-OH is 1. The van der Waals surface area contributed by atoms with E-state index in [0.29, 0.717) is 6.10 Å². The van der Waals surface area contributed by atoms with Gasteiger partial charge in [0.2, 0.25) is 0 Å². The summed E-state index contributed by atoms with van der Waals surface area (Å²) in [6.07, 6.45) is 7.14. The van der Waals surface area contributed by atoms with Crippen molar-refractivity contribution in [3.8, 4) is 0 Å². The first kappa shape index (κ1) is 12.3. The van der Waals surface area contributed by atoms with Crippen LogP contribution in [-0.2, 0) is 9.47 Å². The summed E-state index contributed by atoms with van der Waals surface area (Å²) < 4.78 is 12.2. The van der Waals surface area contributed by atoms with Gasteiger partial charge in [-0.05, 0) is 39.0 Å². The molecule has 0 unspecified atom stereocenters. The van der Waals surface area contributed by atoms with Gasteiger partial charge in [-0.2, -0.15) is 0 Å². The Morgan fingerprint density at radius 3 is 2.81 bits per heavy atom. The Labute approximate surface area is 98.1 Å². The molecule has 94 valence electrons. The van der Waals surface area contributed by atoms with Crippen LogP contribution in [0.15, 0.2) is 0 Å². The molecule has 16 heavy (non-hydrogen) atoms. The van der Waals surface area contributed by atoms with Crippen molar-refractivity contribution in [3.63, 3.8) is 0 Å². The Bertz CT molecular complexity index is 231. The summed E-state index contributed by atoms with van der Waals surface area (Å²) in [6.45, 7) is 4.64. The van der Waals surface area contributed by atoms with Gasteiger partial charge in [0.25, 0.3) is 0 Å². The molecule has 0 bridgehead atoms. The van der Waals surface area contributed by atoms with E-state index < -0.39 is 0 Å². The van der Waals surface area contributed by atoms with Crippen LogP contribution in [0.25, 0.3) is 0 Å². The number of ether oxygens (including phenoxy) is 2. The molecule has 2 fully saturated rings. The minimum atomic E-state index is -0.0704. The maximum absolute atomic E-state index is 8.84. The fourth-order valence-corrected chi connectivity index (χ4v) is 3.06. The predicted octanol–water partition coefficient (Wildman–Crippen LogP) is 2.26. The molecule has 2 rings (SSSR count). The van der Waals surface area contributed by atoms with Gasteiger partial charge < -0.3 is 14.6 Å². The van der Waals surface area contributed by atoms with Crippen LogP contribution < -0.4 is 0 Å². The molecule has 0 aromatic rings. The first-order chi connectivity index (χ1) is 7.68. The Kier molecular flexibility index (Phi) is 3.88. The van der Waals surface area contributed by atoms with E-state index in [9.17, 15) is 0 Å². The van der Waals surface area contributed by atoms with Crippen molar-refractivity contribution in [3.05, 3.63) is 0 Å². The molecule has 3 nitrogen and oxygen atoms in total. The quantitative estimate of drug-likeness (QED) is 0.802. The Morgan fingerprint density at radius 2 is 2.12 bits per heavy atom. The van der Waals surface area contributed by atoms with Gasteiger partial charge in [0.05, 0.1) is 23.9 Å². The van der Waals surface area contributed by atoms with Crippen LogP contribution in [0.2, 0.25) is 0 Å². The van der Waals surface area contributed by atoms with E-state index >= 15 is 0 Å². The van der Waals surface area contributed by atoms with Crippen molar-refractivity contribution < 1.29 is 14.6 Å². The summed E-state index contributed by atoms with van der Waals surface area (Å²) in [6, 6.07) is 0. The van der Waals surface area contributed by atoms with Crippen LogP contribution in [0.1, 0.15) is 52.4 Å². The molecule has 3 heteroatoms. The first-order valence-corrected chi connectivity index (χ1v) is 6.62. The lowest BCUT2D eigenvalue weighted by atomic mass is 9.87. The molecular weight excluding hydrogens is 204 g/mol. The average molecular weight is 228 g/mol. The van der Waals surface area contributed by atoms with E-state index in [2.05, 4.69) is 13.8 Å². The van der Waals surface area contributed by atoms with Gasteiger partial charge in [0, 0.05) is 13.0 Å². The minimum Gasteiger partial charge on any atom is -0.396 e. The number of fused-ring (bicyclic) bond motifs is 1. The van der Waals surface area contributed by atoms with Crippen molar-refractivity contribution in [2.24, 2.45) is 0 Å². The van der Waals surface area contributed by atoms with Gasteiger partial charge in [-0.1, -0.05) is 6.92 Å². The van der Waals surface area contributed by atoms with Gasteiger partial charge in [-0.15, -0.1) is 0 Å². The third-order valence-corrected chi connectivity index (χ3v) is 4.00. The highest BCUT2D eigenvalue weighted by atomic mass is 16.6. The zero-order valence-electron chi connectivity index (χ0n) is 10.4. The third-order valence-electron chi connectivity index (χ3n) is 4.00. The van der Waals surface area contributed by atoms with E-state index in [1.807, 2.05) is 0 Å². The standard InChI is InChI=1S/C13H24O3/c1-3-10-6-7-12-13(2,16-10)9-11(15-12)5-4-8-14/h10-12,14H,3-9H2,1-2H3/t10-,11-,12-,13-/m0/s1. The molecule has 0 aliphatic carbocycles. The van der Waals surface area contributed by atoms with E-state index in [1.165, 1.54) is 0 Å². The average Bonchev–Trinajstić information content (AvgIpc) is 2.61. The SMILES string of the molecule is CC[C@H]1CC[C@@H]2O[C@@H](CCCO)C[C@]2(C)O1. The predicted molar refractivity (Wildman–Crippen MR) is 62.4 cm³/mol. The van der Waals surface area contributed by atoms with Crippen molar-refractivity contribution in [2.45, 2.75) is 76.3 Å². The summed E-state index contributed by atoms with van der Waals surface area (Å²) >= 11 is 0. The zero-order valence-corrected chi connectivity index (χ0v) is 10.4. The Balaban J connectivity index is 1.92. The van der Waals surface area contributed by atoms with E-state index in [4.69, 9.17) is 14.6 Å². The summed E-state index contributed by atoms with van der Waals surface area (Å²) in [4.78, 5) is 0. The number of rotatable bonds is 4. The summed E-state index contributed by atoms with van der Waals surface area (Å²) in [5.74, 6) is 0. The van der Waals surface area contributed by atoms with E-state index in [0.717, 1.165) is 38.5 Å². The molecule has 4 atom stereocenters. The van der Waals surface area contributed by atoms with Crippen LogP contribution in [0, 0.1) is 0 Å². The van der Waals surface area contributed by atoms with E-state index in [1.54, 1.807) is 0 Å². The second-order valence-electron chi connectivity index (χ2n) is 5.35. The Morgan fingerprint density at radius 1 is 1.31 bits per heavy atom. The van der Waals surface area contributed by atoms with Crippen molar-refractivity contribution in [1.29, 1.82) is 0 Å². The lowest BCUT2D eigenvalue weighted by molar-refractivity contribution is -0.156. The van der Waals surface area contributed by atoms with Crippen LogP contribution in [-0.4, -0.2) is 35.6 Å². The molecular formula is C13H24O3. The van der Waals surface area contributed by atoms with Gasteiger partial charge in [0.15, 0.2) is 0 Å². The molecule has 2 aliphatic rings. The minimum absolute atomic E-state index is 0.0704. The largest absolute Gasteiger partial charge is 0.396 e.